The molecule has 0 aliphatic heterocycles. The first-order valence-electron chi connectivity index (χ1n) is 8.10. The molecular formula is C19H19FN4OS. The summed E-state index contributed by atoms with van der Waals surface area (Å²) in [5.41, 5.74) is 4.21. The Labute approximate surface area is 155 Å². The van der Waals surface area contributed by atoms with Crippen LogP contribution in [0.1, 0.15) is 27.5 Å². The molecular weight excluding hydrogens is 351 g/mol. The Morgan fingerprint density at radius 3 is 2.46 bits per heavy atom. The summed E-state index contributed by atoms with van der Waals surface area (Å²) in [6.07, 6.45) is 3.21. The van der Waals surface area contributed by atoms with E-state index in [0.29, 0.717) is 5.13 Å². The first-order chi connectivity index (χ1) is 12.3. The van der Waals surface area contributed by atoms with Crippen molar-refractivity contribution in [2.24, 2.45) is 0 Å². The molecule has 1 N–H and O–H groups in total. The van der Waals surface area contributed by atoms with Crippen LogP contribution in [-0.4, -0.2) is 20.7 Å². The highest BCUT2D eigenvalue weighted by Gasteiger charge is 2.11. The van der Waals surface area contributed by atoms with E-state index in [0.717, 1.165) is 33.2 Å². The third kappa shape index (κ3) is 3.72. The Balaban J connectivity index is 1.80. The van der Waals surface area contributed by atoms with Crippen molar-refractivity contribution < 1.29 is 9.18 Å². The van der Waals surface area contributed by atoms with Crippen molar-refractivity contribution in [1.82, 2.24) is 14.8 Å². The van der Waals surface area contributed by atoms with Crippen LogP contribution in [0.3, 0.4) is 0 Å². The monoisotopic (exact) mass is 370 g/mol. The molecule has 1 amide bonds. The first kappa shape index (κ1) is 18.0. The van der Waals surface area contributed by atoms with Gasteiger partial charge in [-0.3, -0.25) is 10.1 Å². The van der Waals surface area contributed by atoms with Crippen LogP contribution in [0.15, 0.2) is 30.3 Å². The highest BCUT2D eigenvalue weighted by molar-refractivity contribution is 7.15. The lowest BCUT2D eigenvalue weighted by atomic mass is 10.2. The maximum absolute atomic E-state index is 13.1. The number of hydrogen-bond acceptors (Lipinski definition) is 4. The Morgan fingerprint density at radius 1 is 1.15 bits per heavy atom. The molecule has 5 nitrogen and oxygen atoms in total. The number of amides is 1. The lowest BCUT2D eigenvalue weighted by Crippen LogP contribution is -2.07. The van der Waals surface area contributed by atoms with Gasteiger partial charge >= 0.3 is 0 Å². The molecule has 26 heavy (non-hydrogen) atoms. The quantitative estimate of drug-likeness (QED) is 0.695. The van der Waals surface area contributed by atoms with Gasteiger partial charge in [-0.1, -0.05) is 0 Å². The van der Waals surface area contributed by atoms with Crippen LogP contribution in [0, 0.1) is 33.5 Å². The largest absolute Gasteiger partial charge is 0.298 e. The van der Waals surface area contributed by atoms with Crippen LogP contribution in [-0.2, 0) is 4.79 Å². The molecule has 0 bridgehead atoms. The molecule has 0 saturated carbocycles. The Kier molecular flexibility index (Phi) is 4.99. The average molecular weight is 370 g/mol. The van der Waals surface area contributed by atoms with Gasteiger partial charge in [-0.15, -0.1) is 11.3 Å². The van der Waals surface area contributed by atoms with Crippen LogP contribution in [0.2, 0.25) is 0 Å². The molecule has 0 unspecified atom stereocenters. The van der Waals surface area contributed by atoms with Crippen molar-refractivity contribution in [3.8, 4) is 5.69 Å². The summed E-state index contributed by atoms with van der Waals surface area (Å²) in [6.45, 7) is 7.66. The van der Waals surface area contributed by atoms with Crippen LogP contribution < -0.4 is 5.32 Å². The van der Waals surface area contributed by atoms with Crippen LogP contribution in [0.5, 0.6) is 0 Å². The number of rotatable bonds is 4. The molecule has 7 heteroatoms. The first-order valence-corrected chi connectivity index (χ1v) is 8.92. The third-order valence-electron chi connectivity index (χ3n) is 4.08. The Hall–Kier alpha value is -2.80. The molecule has 0 aliphatic rings. The zero-order valence-electron chi connectivity index (χ0n) is 15.0. The lowest BCUT2D eigenvalue weighted by Gasteiger charge is -2.04. The summed E-state index contributed by atoms with van der Waals surface area (Å²) in [4.78, 5) is 17.5. The van der Waals surface area contributed by atoms with Gasteiger partial charge in [0, 0.05) is 22.2 Å². The highest BCUT2D eigenvalue weighted by atomic mass is 32.1. The van der Waals surface area contributed by atoms with E-state index >= 15 is 0 Å². The van der Waals surface area contributed by atoms with E-state index in [1.54, 1.807) is 22.9 Å². The molecule has 1 aromatic carbocycles. The van der Waals surface area contributed by atoms with Gasteiger partial charge in [-0.25, -0.2) is 14.1 Å². The summed E-state index contributed by atoms with van der Waals surface area (Å²) in [7, 11) is 0. The van der Waals surface area contributed by atoms with Gasteiger partial charge in [0.2, 0.25) is 5.91 Å². The van der Waals surface area contributed by atoms with Crippen molar-refractivity contribution in [2.75, 3.05) is 5.32 Å². The van der Waals surface area contributed by atoms with Crippen LogP contribution in [0.25, 0.3) is 11.8 Å². The Morgan fingerprint density at radius 2 is 1.85 bits per heavy atom. The van der Waals surface area contributed by atoms with E-state index in [1.165, 1.54) is 29.5 Å². The standard InChI is InChI=1S/C19H19FN4OS/c1-11-14(4)26-19(21-11)22-18(25)10-9-17-12(2)23-24(13(17)3)16-7-5-15(20)6-8-16/h5-10H,1-4H3,(H,21,22,25)/b10-9+. The van der Waals surface area contributed by atoms with Gasteiger partial charge in [-0.05, 0) is 58.0 Å². The van der Waals surface area contributed by atoms with Crippen molar-refractivity contribution in [3.63, 3.8) is 0 Å². The molecule has 134 valence electrons. The fourth-order valence-electron chi connectivity index (χ4n) is 2.56. The van der Waals surface area contributed by atoms with E-state index in [1.807, 2.05) is 27.7 Å². The summed E-state index contributed by atoms with van der Waals surface area (Å²) in [5.74, 6) is -0.535. The van der Waals surface area contributed by atoms with Gasteiger partial charge < -0.3 is 0 Å². The van der Waals surface area contributed by atoms with E-state index in [4.69, 9.17) is 0 Å². The molecule has 2 aromatic heterocycles. The minimum Gasteiger partial charge on any atom is -0.298 e. The number of anilines is 1. The average Bonchev–Trinajstić information content (AvgIpc) is 3.05. The molecule has 0 saturated heterocycles. The normalized spacial score (nSPS) is 11.3. The Bertz CT molecular complexity index is 966. The zero-order valence-corrected chi connectivity index (χ0v) is 15.8. The van der Waals surface area contributed by atoms with Crippen molar-refractivity contribution in [2.45, 2.75) is 27.7 Å². The second-order valence-corrected chi connectivity index (χ2v) is 7.16. The molecule has 0 spiro atoms. The summed E-state index contributed by atoms with van der Waals surface area (Å²) < 4.78 is 14.8. The minimum atomic E-state index is -0.292. The van der Waals surface area contributed by atoms with Gasteiger partial charge in [0.15, 0.2) is 5.13 Å². The summed E-state index contributed by atoms with van der Waals surface area (Å²) >= 11 is 1.45. The number of carbonyl (C=O) groups excluding carboxylic acids is 1. The van der Waals surface area contributed by atoms with Crippen molar-refractivity contribution in [3.05, 3.63) is 63.7 Å². The number of nitrogens with zero attached hydrogens (tertiary/aromatic N) is 3. The summed E-state index contributed by atoms with van der Waals surface area (Å²) in [6, 6.07) is 6.13. The molecule has 3 rings (SSSR count). The number of benzene rings is 1. The maximum atomic E-state index is 13.1. The molecule has 2 heterocycles. The predicted molar refractivity (Wildman–Crippen MR) is 102 cm³/mol. The SMILES string of the molecule is Cc1nc(NC(=O)/C=C/c2c(C)nn(-c3ccc(F)cc3)c2C)sc1C. The fourth-order valence-corrected chi connectivity index (χ4v) is 3.38. The molecule has 0 aliphatic carbocycles. The zero-order chi connectivity index (χ0) is 18.8. The second kappa shape index (κ2) is 7.21. The highest BCUT2D eigenvalue weighted by Crippen LogP contribution is 2.22. The van der Waals surface area contributed by atoms with E-state index in [9.17, 15) is 9.18 Å². The number of hydrogen-bond donors (Lipinski definition) is 1. The van der Waals surface area contributed by atoms with Gasteiger partial charge in [-0.2, -0.15) is 5.10 Å². The smallest absolute Gasteiger partial charge is 0.250 e. The van der Waals surface area contributed by atoms with E-state index in [2.05, 4.69) is 15.4 Å². The molecule has 0 atom stereocenters. The van der Waals surface area contributed by atoms with Crippen LogP contribution >= 0.6 is 11.3 Å². The molecule has 0 radical (unpaired) electrons. The maximum Gasteiger partial charge on any atom is 0.250 e. The topological polar surface area (TPSA) is 59.8 Å². The number of nitrogens with one attached hydrogen (secondary N) is 1. The van der Waals surface area contributed by atoms with Gasteiger partial charge in [0.1, 0.15) is 5.82 Å². The number of aryl methyl sites for hydroxylation is 3. The van der Waals surface area contributed by atoms with Crippen molar-refractivity contribution in [1.29, 1.82) is 0 Å². The molecule has 0 fully saturated rings. The minimum absolute atomic E-state index is 0.243. The van der Waals surface area contributed by atoms with Crippen molar-refractivity contribution >= 4 is 28.5 Å². The molecule has 3 aromatic rings. The number of carbonyl (C=O) groups is 1. The third-order valence-corrected chi connectivity index (χ3v) is 5.07. The van der Waals surface area contributed by atoms with Crippen LogP contribution in [0.4, 0.5) is 9.52 Å². The second-order valence-electron chi connectivity index (χ2n) is 5.96. The summed E-state index contributed by atoms with van der Waals surface area (Å²) in [5, 5.41) is 7.85. The van der Waals surface area contributed by atoms with E-state index in [-0.39, 0.29) is 11.7 Å². The van der Waals surface area contributed by atoms with E-state index < -0.39 is 0 Å². The number of thiazole rings is 1. The van der Waals surface area contributed by atoms with Gasteiger partial charge in [0.05, 0.1) is 17.1 Å². The predicted octanol–water partition coefficient (Wildman–Crippen LogP) is 4.35. The number of halogens is 1. The van der Waals surface area contributed by atoms with Gasteiger partial charge in [0.25, 0.3) is 0 Å². The fraction of sp³-hybridized carbons (Fsp3) is 0.211. The lowest BCUT2D eigenvalue weighted by molar-refractivity contribution is -0.111. The number of aromatic nitrogens is 3.